The van der Waals surface area contributed by atoms with E-state index in [2.05, 4.69) is 0 Å². The topological polar surface area (TPSA) is 64.1 Å². The van der Waals surface area contributed by atoms with Crippen molar-refractivity contribution in [3.05, 3.63) is 21.9 Å². The van der Waals surface area contributed by atoms with Crippen molar-refractivity contribution in [3.8, 4) is 0 Å². The first-order valence-corrected chi connectivity index (χ1v) is 7.75. The van der Waals surface area contributed by atoms with Crippen LogP contribution in [0.3, 0.4) is 0 Å². The summed E-state index contributed by atoms with van der Waals surface area (Å²) in [5, 5.41) is 11.4. The standard InChI is InChI=1S/C14H21N3O3S/c1-15(2)7-8-16(3)14(20)17-6-4-11-10(5-9-21-11)12(17)13(18)19/h5,9,12H,4,6-8H2,1-3H3,(H,18,19). The molecule has 1 aromatic heterocycles. The largest absolute Gasteiger partial charge is 0.479 e. The molecule has 0 saturated carbocycles. The number of hydrogen-bond acceptors (Lipinski definition) is 4. The molecule has 7 heteroatoms. The Morgan fingerprint density at radius 3 is 2.71 bits per heavy atom. The summed E-state index contributed by atoms with van der Waals surface area (Å²) in [6.45, 7) is 1.78. The fourth-order valence-electron chi connectivity index (χ4n) is 2.45. The Labute approximate surface area is 128 Å². The third-order valence-electron chi connectivity index (χ3n) is 3.65. The first-order chi connectivity index (χ1) is 9.91. The van der Waals surface area contributed by atoms with Crippen molar-refractivity contribution in [1.82, 2.24) is 14.7 Å². The van der Waals surface area contributed by atoms with Crippen molar-refractivity contribution in [3.63, 3.8) is 0 Å². The van der Waals surface area contributed by atoms with Crippen LogP contribution >= 0.6 is 11.3 Å². The highest BCUT2D eigenvalue weighted by atomic mass is 32.1. The molecular formula is C14H21N3O3S. The van der Waals surface area contributed by atoms with Crippen molar-refractivity contribution in [2.45, 2.75) is 12.5 Å². The number of rotatable bonds is 4. The van der Waals surface area contributed by atoms with Crippen LogP contribution in [-0.2, 0) is 11.2 Å². The molecule has 1 aromatic rings. The number of likely N-dealkylation sites (N-methyl/N-ethyl adjacent to an activating group) is 2. The zero-order chi connectivity index (χ0) is 15.6. The Morgan fingerprint density at radius 2 is 2.10 bits per heavy atom. The van der Waals surface area contributed by atoms with Crippen molar-refractivity contribution in [2.75, 3.05) is 40.8 Å². The summed E-state index contributed by atoms with van der Waals surface area (Å²) in [4.78, 5) is 30.3. The van der Waals surface area contributed by atoms with Crippen LogP contribution in [0.5, 0.6) is 0 Å². The Balaban J connectivity index is 2.15. The van der Waals surface area contributed by atoms with Crippen LogP contribution < -0.4 is 0 Å². The maximum Gasteiger partial charge on any atom is 0.331 e. The van der Waals surface area contributed by atoms with Gasteiger partial charge >= 0.3 is 12.0 Å². The van der Waals surface area contributed by atoms with Crippen LogP contribution in [0.2, 0.25) is 0 Å². The Kier molecular flexibility index (Phi) is 4.84. The average Bonchev–Trinajstić information content (AvgIpc) is 2.90. The third kappa shape index (κ3) is 3.36. The second-order valence-corrected chi connectivity index (χ2v) is 6.49. The smallest absolute Gasteiger partial charge is 0.331 e. The monoisotopic (exact) mass is 311 g/mol. The van der Waals surface area contributed by atoms with Gasteiger partial charge in [0, 0.05) is 31.6 Å². The van der Waals surface area contributed by atoms with Crippen molar-refractivity contribution >= 4 is 23.3 Å². The molecule has 0 radical (unpaired) electrons. The molecule has 1 aliphatic heterocycles. The van der Waals surface area contributed by atoms with E-state index in [0.717, 1.165) is 23.4 Å². The van der Waals surface area contributed by atoms with E-state index in [1.54, 1.807) is 23.3 Å². The molecule has 0 spiro atoms. The van der Waals surface area contributed by atoms with Crippen LogP contribution in [0.4, 0.5) is 4.79 Å². The summed E-state index contributed by atoms with van der Waals surface area (Å²) >= 11 is 1.56. The number of carboxylic acids is 1. The van der Waals surface area contributed by atoms with E-state index in [4.69, 9.17) is 0 Å². The van der Waals surface area contributed by atoms with Gasteiger partial charge in [-0.3, -0.25) is 0 Å². The molecule has 0 aliphatic carbocycles. The highest BCUT2D eigenvalue weighted by Crippen LogP contribution is 2.33. The van der Waals surface area contributed by atoms with Gasteiger partial charge in [-0.05, 0) is 37.5 Å². The van der Waals surface area contributed by atoms with E-state index in [9.17, 15) is 14.7 Å². The van der Waals surface area contributed by atoms with Gasteiger partial charge in [-0.25, -0.2) is 9.59 Å². The molecule has 0 bridgehead atoms. The van der Waals surface area contributed by atoms with Gasteiger partial charge in [-0.15, -0.1) is 11.3 Å². The second-order valence-electron chi connectivity index (χ2n) is 5.49. The number of thiophene rings is 1. The zero-order valence-electron chi connectivity index (χ0n) is 12.6. The quantitative estimate of drug-likeness (QED) is 0.911. The fraction of sp³-hybridized carbons (Fsp3) is 0.571. The highest BCUT2D eigenvalue weighted by Gasteiger charge is 2.37. The number of nitrogens with zero attached hydrogens (tertiary/aromatic N) is 3. The highest BCUT2D eigenvalue weighted by molar-refractivity contribution is 7.10. The maximum atomic E-state index is 12.5. The van der Waals surface area contributed by atoms with Gasteiger partial charge in [0.15, 0.2) is 6.04 Å². The van der Waals surface area contributed by atoms with Crippen LogP contribution in [-0.4, -0.2) is 72.6 Å². The lowest BCUT2D eigenvalue weighted by atomic mass is 10.0. The first-order valence-electron chi connectivity index (χ1n) is 6.87. The van der Waals surface area contributed by atoms with Gasteiger partial charge in [-0.2, -0.15) is 0 Å². The summed E-state index contributed by atoms with van der Waals surface area (Å²) < 4.78 is 0. The minimum atomic E-state index is -0.969. The van der Waals surface area contributed by atoms with Gasteiger partial charge in [0.2, 0.25) is 0 Å². The summed E-state index contributed by atoms with van der Waals surface area (Å²) in [6.07, 6.45) is 0.726. The van der Waals surface area contributed by atoms with Crippen molar-refractivity contribution in [1.29, 1.82) is 0 Å². The molecule has 0 saturated heterocycles. The molecule has 6 nitrogen and oxygen atoms in total. The maximum absolute atomic E-state index is 12.5. The van der Waals surface area contributed by atoms with Crippen molar-refractivity contribution < 1.29 is 14.7 Å². The van der Waals surface area contributed by atoms with Gasteiger partial charge in [0.25, 0.3) is 0 Å². The van der Waals surface area contributed by atoms with Crippen molar-refractivity contribution in [2.24, 2.45) is 0 Å². The van der Waals surface area contributed by atoms with Gasteiger partial charge in [-0.1, -0.05) is 0 Å². The lowest BCUT2D eigenvalue weighted by molar-refractivity contribution is -0.143. The average molecular weight is 311 g/mol. The SMILES string of the molecule is CN(C)CCN(C)C(=O)N1CCc2sccc2C1C(=O)O. The third-order valence-corrected chi connectivity index (χ3v) is 4.65. The molecule has 0 fully saturated rings. The van der Waals surface area contributed by atoms with E-state index < -0.39 is 12.0 Å². The number of carbonyl (C=O) groups excluding carboxylic acids is 1. The Bertz CT molecular complexity index is 529. The summed E-state index contributed by atoms with van der Waals surface area (Å²) in [5.74, 6) is -0.969. The molecule has 21 heavy (non-hydrogen) atoms. The lowest BCUT2D eigenvalue weighted by Crippen LogP contribution is -2.49. The van der Waals surface area contributed by atoms with Crippen LogP contribution in [0, 0.1) is 0 Å². The fourth-order valence-corrected chi connectivity index (χ4v) is 3.36. The van der Waals surface area contributed by atoms with Crippen LogP contribution in [0.15, 0.2) is 11.4 Å². The van der Waals surface area contributed by atoms with E-state index in [1.807, 2.05) is 30.4 Å². The second kappa shape index (κ2) is 6.44. The predicted molar refractivity (Wildman–Crippen MR) is 81.7 cm³/mol. The number of urea groups is 1. The number of aliphatic carboxylic acids is 1. The number of hydrogen-bond donors (Lipinski definition) is 1. The molecule has 2 amide bonds. The summed E-state index contributed by atoms with van der Waals surface area (Å²) in [5.41, 5.74) is 0.758. The number of amides is 2. The molecule has 1 N–H and O–H groups in total. The van der Waals surface area contributed by atoms with E-state index >= 15 is 0 Å². The summed E-state index contributed by atoms with van der Waals surface area (Å²) in [6, 6.07) is 0.730. The normalized spacial score (nSPS) is 17.7. The van der Waals surface area contributed by atoms with Gasteiger partial charge < -0.3 is 19.8 Å². The van der Waals surface area contributed by atoms with Gasteiger partial charge in [0.1, 0.15) is 0 Å². The minimum Gasteiger partial charge on any atom is -0.479 e. The van der Waals surface area contributed by atoms with E-state index in [1.165, 1.54) is 4.90 Å². The Hall–Kier alpha value is -1.60. The molecule has 1 atom stereocenters. The Morgan fingerprint density at radius 1 is 1.38 bits per heavy atom. The van der Waals surface area contributed by atoms with Crippen LogP contribution in [0.25, 0.3) is 0 Å². The molecule has 2 rings (SSSR count). The first kappa shape index (κ1) is 15.8. The number of carboxylic acid groups (broad SMARTS) is 1. The lowest BCUT2D eigenvalue weighted by Gasteiger charge is -2.36. The summed E-state index contributed by atoms with van der Waals surface area (Å²) in [7, 11) is 5.60. The molecule has 0 aromatic carbocycles. The number of carbonyl (C=O) groups is 2. The molecule has 1 unspecified atom stereocenters. The minimum absolute atomic E-state index is 0.221. The predicted octanol–water partition coefficient (Wildman–Crippen LogP) is 1.35. The van der Waals surface area contributed by atoms with E-state index in [0.29, 0.717) is 13.1 Å². The molecule has 2 heterocycles. The molecule has 1 aliphatic rings. The molecule has 116 valence electrons. The van der Waals surface area contributed by atoms with Gasteiger partial charge in [0.05, 0.1) is 0 Å². The van der Waals surface area contributed by atoms with Crippen LogP contribution in [0.1, 0.15) is 16.5 Å². The van der Waals surface area contributed by atoms with E-state index in [-0.39, 0.29) is 6.03 Å². The zero-order valence-corrected chi connectivity index (χ0v) is 13.4. The molecular weight excluding hydrogens is 290 g/mol. The number of fused-ring (bicyclic) bond motifs is 1.